The Kier molecular flexibility index (Phi) is 4.40. The van der Waals surface area contributed by atoms with Gasteiger partial charge in [0, 0.05) is 12.6 Å². The van der Waals surface area contributed by atoms with Gasteiger partial charge in [0.1, 0.15) is 17.5 Å². The van der Waals surface area contributed by atoms with Gasteiger partial charge < -0.3 is 5.32 Å². The van der Waals surface area contributed by atoms with E-state index in [2.05, 4.69) is 5.32 Å². The molecule has 0 saturated carbocycles. The first-order chi connectivity index (χ1) is 9.56. The minimum Gasteiger partial charge on any atom is -0.352 e. The van der Waals surface area contributed by atoms with Gasteiger partial charge in [0.25, 0.3) is 5.91 Å². The van der Waals surface area contributed by atoms with Crippen LogP contribution in [0.1, 0.15) is 15.9 Å². The maximum absolute atomic E-state index is 13.4. The van der Waals surface area contributed by atoms with E-state index in [1.54, 1.807) is 12.1 Å². The topological polar surface area (TPSA) is 29.1 Å². The monoisotopic (exact) mass is 279 g/mol. The van der Waals surface area contributed by atoms with Crippen LogP contribution in [0.2, 0.25) is 0 Å². The molecule has 1 amide bonds. The van der Waals surface area contributed by atoms with E-state index >= 15 is 0 Å². The SMILES string of the molecule is O=C(NCCc1ccc(F)cc1)c1ccc(F)cc1F. The average molecular weight is 279 g/mol. The van der Waals surface area contributed by atoms with E-state index < -0.39 is 17.5 Å². The van der Waals surface area contributed by atoms with Crippen molar-refractivity contribution in [2.24, 2.45) is 0 Å². The number of benzene rings is 2. The first-order valence-corrected chi connectivity index (χ1v) is 6.04. The molecule has 0 saturated heterocycles. The van der Waals surface area contributed by atoms with Gasteiger partial charge in [0.15, 0.2) is 0 Å². The molecule has 2 rings (SSSR count). The molecule has 2 aromatic carbocycles. The fourth-order valence-electron chi connectivity index (χ4n) is 1.74. The van der Waals surface area contributed by atoms with Crippen molar-refractivity contribution in [2.45, 2.75) is 6.42 Å². The van der Waals surface area contributed by atoms with Crippen molar-refractivity contribution >= 4 is 5.91 Å². The van der Waals surface area contributed by atoms with Gasteiger partial charge in [-0.15, -0.1) is 0 Å². The second-order valence-electron chi connectivity index (χ2n) is 4.26. The Morgan fingerprint density at radius 2 is 1.60 bits per heavy atom. The average Bonchev–Trinajstić information content (AvgIpc) is 2.41. The highest BCUT2D eigenvalue weighted by Gasteiger charge is 2.11. The Balaban J connectivity index is 1.90. The van der Waals surface area contributed by atoms with Crippen LogP contribution in [0.5, 0.6) is 0 Å². The van der Waals surface area contributed by atoms with Crippen LogP contribution in [0.15, 0.2) is 42.5 Å². The zero-order valence-electron chi connectivity index (χ0n) is 10.5. The van der Waals surface area contributed by atoms with Gasteiger partial charge in [-0.3, -0.25) is 4.79 Å². The normalized spacial score (nSPS) is 10.3. The van der Waals surface area contributed by atoms with Crippen LogP contribution >= 0.6 is 0 Å². The molecule has 0 aliphatic carbocycles. The molecule has 0 atom stereocenters. The van der Waals surface area contributed by atoms with Crippen molar-refractivity contribution in [3.8, 4) is 0 Å². The van der Waals surface area contributed by atoms with Crippen molar-refractivity contribution in [1.29, 1.82) is 0 Å². The van der Waals surface area contributed by atoms with Crippen molar-refractivity contribution in [1.82, 2.24) is 5.32 Å². The summed E-state index contributed by atoms with van der Waals surface area (Å²) in [4.78, 5) is 11.7. The number of nitrogens with one attached hydrogen (secondary N) is 1. The molecule has 0 aromatic heterocycles. The molecule has 1 N–H and O–H groups in total. The lowest BCUT2D eigenvalue weighted by atomic mass is 10.1. The lowest BCUT2D eigenvalue weighted by Gasteiger charge is -2.06. The van der Waals surface area contributed by atoms with Crippen LogP contribution in [-0.2, 0) is 6.42 Å². The summed E-state index contributed by atoms with van der Waals surface area (Å²) in [5, 5.41) is 2.53. The zero-order valence-corrected chi connectivity index (χ0v) is 10.5. The van der Waals surface area contributed by atoms with Gasteiger partial charge in [-0.2, -0.15) is 0 Å². The van der Waals surface area contributed by atoms with Crippen LogP contribution in [0.3, 0.4) is 0 Å². The van der Waals surface area contributed by atoms with Crippen molar-refractivity contribution in [3.63, 3.8) is 0 Å². The Morgan fingerprint density at radius 1 is 0.950 bits per heavy atom. The number of amides is 1. The predicted molar refractivity (Wildman–Crippen MR) is 68.8 cm³/mol. The molecule has 2 aromatic rings. The summed E-state index contributed by atoms with van der Waals surface area (Å²) >= 11 is 0. The molecule has 0 fully saturated rings. The van der Waals surface area contributed by atoms with E-state index in [9.17, 15) is 18.0 Å². The number of hydrogen-bond acceptors (Lipinski definition) is 1. The Bertz CT molecular complexity index is 611. The molecular formula is C15H12F3NO. The highest BCUT2D eigenvalue weighted by molar-refractivity contribution is 5.94. The number of rotatable bonds is 4. The minimum atomic E-state index is -0.899. The minimum absolute atomic E-state index is 0.203. The maximum Gasteiger partial charge on any atom is 0.254 e. The quantitative estimate of drug-likeness (QED) is 0.915. The Morgan fingerprint density at radius 3 is 2.25 bits per heavy atom. The zero-order chi connectivity index (χ0) is 14.5. The van der Waals surface area contributed by atoms with Crippen LogP contribution in [-0.4, -0.2) is 12.5 Å². The van der Waals surface area contributed by atoms with E-state index in [0.29, 0.717) is 12.5 Å². The number of carbonyl (C=O) groups is 1. The Hall–Kier alpha value is -2.30. The second kappa shape index (κ2) is 6.23. The van der Waals surface area contributed by atoms with Crippen LogP contribution in [0.25, 0.3) is 0 Å². The summed E-state index contributed by atoms with van der Waals surface area (Å²) in [6.07, 6.45) is 0.495. The smallest absolute Gasteiger partial charge is 0.254 e. The third-order valence-electron chi connectivity index (χ3n) is 2.79. The molecule has 0 aliphatic heterocycles. The molecule has 0 heterocycles. The number of hydrogen-bond donors (Lipinski definition) is 1. The molecule has 0 unspecified atom stereocenters. The molecule has 0 aliphatic rings. The summed E-state index contributed by atoms with van der Waals surface area (Å²) in [6, 6.07) is 8.66. The van der Waals surface area contributed by atoms with E-state index in [-0.39, 0.29) is 17.9 Å². The standard InChI is InChI=1S/C15H12F3NO/c16-11-3-1-10(2-4-11)7-8-19-15(20)13-6-5-12(17)9-14(13)18/h1-6,9H,7-8H2,(H,19,20). The molecular weight excluding hydrogens is 267 g/mol. The molecule has 5 heteroatoms. The summed E-state index contributed by atoms with van der Waals surface area (Å²) in [5.41, 5.74) is 0.650. The molecule has 20 heavy (non-hydrogen) atoms. The third kappa shape index (κ3) is 3.60. The first-order valence-electron chi connectivity index (χ1n) is 6.04. The molecule has 0 bridgehead atoms. The molecule has 2 nitrogen and oxygen atoms in total. The second-order valence-corrected chi connectivity index (χ2v) is 4.26. The molecule has 0 spiro atoms. The summed E-state index contributed by atoms with van der Waals surface area (Å²) in [7, 11) is 0. The Labute approximate surface area is 114 Å². The molecule has 104 valence electrons. The van der Waals surface area contributed by atoms with E-state index in [0.717, 1.165) is 17.7 Å². The fourth-order valence-corrected chi connectivity index (χ4v) is 1.74. The molecule has 0 radical (unpaired) electrons. The van der Waals surface area contributed by atoms with Gasteiger partial charge in [0.05, 0.1) is 5.56 Å². The van der Waals surface area contributed by atoms with Crippen LogP contribution in [0, 0.1) is 17.5 Å². The van der Waals surface area contributed by atoms with Crippen molar-refractivity contribution < 1.29 is 18.0 Å². The van der Waals surface area contributed by atoms with E-state index in [1.165, 1.54) is 12.1 Å². The van der Waals surface area contributed by atoms with Crippen molar-refractivity contribution in [3.05, 3.63) is 71.0 Å². The van der Waals surface area contributed by atoms with Crippen molar-refractivity contribution in [2.75, 3.05) is 6.54 Å². The highest BCUT2D eigenvalue weighted by Crippen LogP contribution is 2.09. The van der Waals surface area contributed by atoms with Crippen LogP contribution in [0.4, 0.5) is 13.2 Å². The largest absolute Gasteiger partial charge is 0.352 e. The van der Waals surface area contributed by atoms with E-state index in [1.807, 2.05) is 0 Å². The summed E-state index contributed by atoms with van der Waals surface area (Å²) < 4.78 is 38.8. The van der Waals surface area contributed by atoms with Gasteiger partial charge in [0.2, 0.25) is 0 Å². The lowest BCUT2D eigenvalue weighted by molar-refractivity contribution is 0.0950. The lowest BCUT2D eigenvalue weighted by Crippen LogP contribution is -2.26. The van der Waals surface area contributed by atoms with Gasteiger partial charge in [-0.05, 0) is 36.2 Å². The third-order valence-corrected chi connectivity index (χ3v) is 2.79. The summed E-state index contributed by atoms with van der Waals surface area (Å²) in [6.45, 7) is 0.279. The fraction of sp³-hybridized carbons (Fsp3) is 0.133. The predicted octanol–water partition coefficient (Wildman–Crippen LogP) is 3.08. The van der Waals surface area contributed by atoms with Gasteiger partial charge in [-0.1, -0.05) is 12.1 Å². The maximum atomic E-state index is 13.4. The number of carbonyl (C=O) groups excluding carboxylic acids is 1. The van der Waals surface area contributed by atoms with E-state index in [4.69, 9.17) is 0 Å². The highest BCUT2D eigenvalue weighted by atomic mass is 19.1. The summed E-state index contributed by atoms with van der Waals surface area (Å²) in [5.74, 6) is -2.56. The first kappa shape index (κ1) is 14.1. The van der Waals surface area contributed by atoms with Gasteiger partial charge >= 0.3 is 0 Å². The van der Waals surface area contributed by atoms with Gasteiger partial charge in [-0.25, -0.2) is 13.2 Å². The van der Waals surface area contributed by atoms with Crippen LogP contribution < -0.4 is 5.32 Å². The number of halogens is 3.